The molecule has 0 amide bonds. The quantitative estimate of drug-likeness (QED) is 0.645. The Hall–Kier alpha value is -2.14. The lowest BCUT2D eigenvalue weighted by atomic mass is 10.1. The molecule has 1 heterocycles. The van der Waals surface area contributed by atoms with E-state index in [0.717, 1.165) is 11.3 Å². The Morgan fingerprint density at radius 1 is 1.29 bits per heavy atom. The van der Waals surface area contributed by atoms with Crippen LogP contribution in [0.5, 0.6) is 0 Å². The van der Waals surface area contributed by atoms with E-state index in [0.29, 0.717) is 5.02 Å². The summed E-state index contributed by atoms with van der Waals surface area (Å²) in [5.74, 6) is -0.415. The molecule has 0 saturated heterocycles. The Morgan fingerprint density at radius 2 is 1.95 bits per heavy atom. The molecule has 0 saturated carbocycles. The van der Waals surface area contributed by atoms with Gasteiger partial charge in [0.15, 0.2) is 0 Å². The molecule has 5 nitrogen and oxygen atoms in total. The minimum Gasteiger partial charge on any atom is -0.457 e. The number of carbonyl (C=O) groups is 1. The van der Waals surface area contributed by atoms with Crippen LogP contribution < -0.4 is 0 Å². The molecule has 0 atom stereocenters. The molecule has 0 radical (unpaired) electrons. The van der Waals surface area contributed by atoms with E-state index in [9.17, 15) is 4.79 Å². The first-order chi connectivity index (χ1) is 9.85. The van der Waals surface area contributed by atoms with Gasteiger partial charge < -0.3 is 4.74 Å². The van der Waals surface area contributed by atoms with E-state index in [4.69, 9.17) is 16.3 Å². The molecule has 0 aliphatic carbocycles. The standard InChI is InChI=1S/C15H16ClN3O2/c1-15(2,3)21-14(20)7-4-11-10-12(16)5-6-13(11)19-17-8-9-18-19/h4-10H,1-3H3. The average Bonchev–Trinajstić information content (AvgIpc) is 2.88. The van der Waals surface area contributed by atoms with Gasteiger partial charge in [-0.15, -0.1) is 0 Å². The molecule has 0 fully saturated rings. The Kier molecular flexibility index (Phi) is 4.43. The molecule has 110 valence electrons. The van der Waals surface area contributed by atoms with Crippen LogP contribution in [0, 0.1) is 0 Å². The zero-order valence-corrected chi connectivity index (χ0v) is 12.8. The van der Waals surface area contributed by atoms with Crippen LogP contribution in [-0.2, 0) is 9.53 Å². The number of nitrogens with zero attached hydrogens (tertiary/aromatic N) is 3. The molecule has 21 heavy (non-hydrogen) atoms. The lowest BCUT2D eigenvalue weighted by Gasteiger charge is -2.18. The number of benzene rings is 1. The molecular formula is C15H16ClN3O2. The van der Waals surface area contributed by atoms with E-state index >= 15 is 0 Å². The van der Waals surface area contributed by atoms with Crippen LogP contribution in [0.2, 0.25) is 5.02 Å². The topological polar surface area (TPSA) is 57.0 Å². The van der Waals surface area contributed by atoms with Crippen molar-refractivity contribution in [3.05, 3.63) is 47.3 Å². The summed E-state index contributed by atoms with van der Waals surface area (Å²) in [6.07, 6.45) is 6.16. The highest BCUT2D eigenvalue weighted by atomic mass is 35.5. The van der Waals surface area contributed by atoms with Crippen molar-refractivity contribution in [3.8, 4) is 5.69 Å². The molecule has 0 aliphatic rings. The van der Waals surface area contributed by atoms with Gasteiger partial charge in [-0.25, -0.2) is 4.79 Å². The first-order valence-electron chi connectivity index (χ1n) is 6.42. The lowest BCUT2D eigenvalue weighted by Crippen LogP contribution is -2.22. The monoisotopic (exact) mass is 305 g/mol. The summed E-state index contributed by atoms with van der Waals surface area (Å²) in [5.41, 5.74) is 0.927. The number of rotatable bonds is 3. The van der Waals surface area contributed by atoms with Gasteiger partial charge in [0, 0.05) is 16.7 Å². The van der Waals surface area contributed by atoms with E-state index in [-0.39, 0.29) is 0 Å². The molecule has 6 heteroatoms. The van der Waals surface area contributed by atoms with Crippen LogP contribution in [0.25, 0.3) is 11.8 Å². The third-order valence-corrected chi connectivity index (χ3v) is 2.66. The first kappa shape index (κ1) is 15.3. The van der Waals surface area contributed by atoms with Crippen molar-refractivity contribution >= 4 is 23.6 Å². The molecular weight excluding hydrogens is 290 g/mol. The highest BCUT2D eigenvalue weighted by Crippen LogP contribution is 2.20. The van der Waals surface area contributed by atoms with Crippen molar-refractivity contribution < 1.29 is 9.53 Å². The molecule has 0 unspecified atom stereocenters. The summed E-state index contributed by atoms with van der Waals surface area (Å²) in [4.78, 5) is 13.2. The van der Waals surface area contributed by atoms with Crippen LogP contribution in [0.15, 0.2) is 36.7 Å². The van der Waals surface area contributed by atoms with Crippen molar-refractivity contribution in [1.82, 2.24) is 15.0 Å². The third-order valence-electron chi connectivity index (χ3n) is 2.43. The summed E-state index contributed by atoms with van der Waals surface area (Å²) in [6, 6.07) is 5.27. The molecule has 0 aliphatic heterocycles. The number of esters is 1. The number of aromatic nitrogens is 3. The van der Waals surface area contributed by atoms with E-state index < -0.39 is 11.6 Å². The fourth-order valence-corrected chi connectivity index (χ4v) is 1.86. The maximum Gasteiger partial charge on any atom is 0.331 e. The molecule has 0 spiro atoms. The summed E-state index contributed by atoms with van der Waals surface area (Å²) in [5, 5.41) is 8.72. The van der Waals surface area contributed by atoms with Gasteiger partial charge in [0.2, 0.25) is 0 Å². The fraction of sp³-hybridized carbons (Fsp3) is 0.267. The largest absolute Gasteiger partial charge is 0.457 e. The van der Waals surface area contributed by atoms with Gasteiger partial charge in [0.25, 0.3) is 0 Å². The van der Waals surface area contributed by atoms with E-state index in [1.54, 1.807) is 36.7 Å². The second kappa shape index (κ2) is 6.10. The van der Waals surface area contributed by atoms with Gasteiger partial charge in [-0.05, 0) is 45.0 Å². The van der Waals surface area contributed by atoms with Gasteiger partial charge in [-0.2, -0.15) is 15.0 Å². The highest BCUT2D eigenvalue weighted by molar-refractivity contribution is 6.30. The van der Waals surface area contributed by atoms with Crippen LogP contribution in [0.3, 0.4) is 0 Å². The predicted octanol–water partition coefficient (Wildman–Crippen LogP) is 3.28. The molecule has 2 rings (SSSR count). The van der Waals surface area contributed by atoms with Crippen molar-refractivity contribution in [2.75, 3.05) is 0 Å². The zero-order valence-electron chi connectivity index (χ0n) is 12.1. The van der Waals surface area contributed by atoms with Gasteiger partial charge in [0.05, 0.1) is 18.1 Å². The first-order valence-corrected chi connectivity index (χ1v) is 6.80. The molecule has 0 N–H and O–H groups in total. The van der Waals surface area contributed by atoms with E-state index in [1.165, 1.54) is 10.9 Å². The smallest absolute Gasteiger partial charge is 0.331 e. The zero-order chi connectivity index (χ0) is 15.5. The lowest BCUT2D eigenvalue weighted by molar-refractivity contribution is -0.148. The molecule has 1 aromatic heterocycles. The Bertz CT molecular complexity index is 658. The SMILES string of the molecule is CC(C)(C)OC(=O)C=Cc1cc(Cl)ccc1-n1nccn1. The Balaban J connectivity index is 2.27. The minimum atomic E-state index is -0.526. The number of carbonyl (C=O) groups excluding carboxylic acids is 1. The summed E-state index contributed by atoms with van der Waals surface area (Å²) >= 11 is 6.00. The number of ether oxygens (including phenoxy) is 1. The maximum absolute atomic E-state index is 11.7. The van der Waals surface area contributed by atoms with Crippen molar-refractivity contribution in [3.63, 3.8) is 0 Å². The van der Waals surface area contributed by atoms with Crippen molar-refractivity contribution in [2.45, 2.75) is 26.4 Å². The number of hydrogen-bond donors (Lipinski definition) is 0. The Labute approximate surface area is 128 Å². The van der Waals surface area contributed by atoms with Crippen LogP contribution in [-0.4, -0.2) is 26.6 Å². The van der Waals surface area contributed by atoms with E-state index in [1.807, 2.05) is 20.8 Å². The normalized spacial score (nSPS) is 11.8. The summed E-state index contributed by atoms with van der Waals surface area (Å²) in [6.45, 7) is 5.45. The van der Waals surface area contributed by atoms with Gasteiger partial charge in [0.1, 0.15) is 5.60 Å². The van der Waals surface area contributed by atoms with E-state index in [2.05, 4.69) is 10.2 Å². The second-order valence-electron chi connectivity index (χ2n) is 5.39. The van der Waals surface area contributed by atoms with Gasteiger partial charge in [-0.1, -0.05) is 11.6 Å². The Morgan fingerprint density at radius 3 is 2.57 bits per heavy atom. The van der Waals surface area contributed by atoms with Crippen LogP contribution in [0.4, 0.5) is 0 Å². The number of hydrogen-bond acceptors (Lipinski definition) is 4. The van der Waals surface area contributed by atoms with Crippen molar-refractivity contribution in [2.24, 2.45) is 0 Å². The summed E-state index contributed by atoms with van der Waals surface area (Å²) < 4.78 is 5.22. The summed E-state index contributed by atoms with van der Waals surface area (Å²) in [7, 11) is 0. The molecule has 2 aromatic rings. The maximum atomic E-state index is 11.7. The highest BCUT2D eigenvalue weighted by Gasteiger charge is 2.14. The van der Waals surface area contributed by atoms with Crippen LogP contribution >= 0.6 is 11.6 Å². The fourth-order valence-electron chi connectivity index (χ4n) is 1.67. The molecule has 0 bridgehead atoms. The van der Waals surface area contributed by atoms with Crippen molar-refractivity contribution in [1.29, 1.82) is 0 Å². The van der Waals surface area contributed by atoms with Crippen LogP contribution in [0.1, 0.15) is 26.3 Å². The van der Waals surface area contributed by atoms with Gasteiger partial charge >= 0.3 is 5.97 Å². The second-order valence-corrected chi connectivity index (χ2v) is 5.82. The third kappa shape index (κ3) is 4.43. The minimum absolute atomic E-state index is 0.415. The average molecular weight is 306 g/mol. The number of halogens is 1. The predicted molar refractivity (Wildman–Crippen MR) is 81.2 cm³/mol. The van der Waals surface area contributed by atoms with Gasteiger partial charge in [-0.3, -0.25) is 0 Å². The molecule has 1 aromatic carbocycles.